The van der Waals surface area contributed by atoms with Crippen LogP contribution in [0.5, 0.6) is 0 Å². The third-order valence-electron chi connectivity index (χ3n) is 6.40. The van der Waals surface area contributed by atoms with Crippen LogP contribution in [-0.4, -0.2) is 54.2 Å². The van der Waals surface area contributed by atoms with Crippen molar-refractivity contribution in [2.45, 2.75) is 38.6 Å². The minimum absolute atomic E-state index is 0.160. The molecule has 6 nitrogen and oxygen atoms in total. The molecule has 1 aromatic carbocycles. The van der Waals surface area contributed by atoms with Crippen molar-refractivity contribution in [3.05, 3.63) is 42.0 Å². The number of anilines is 1. The number of allylic oxidation sites excluding steroid dienone is 2. The Hall–Kier alpha value is -2.63. The lowest BCUT2D eigenvalue weighted by Gasteiger charge is -2.29. The molecule has 0 N–H and O–H groups in total. The fourth-order valence-electron chi connectivity index (χ4n) is 4.61. The molecule has 0 unspecified atom stereocenters. The lowest BCUT2D eigenvalue weighted by Crippen LogP contribution is -2.41. The molecule has 0 bridgehead atoms. The Kier molecular flexibility index (Phi) is 5.69. The molecule has 1 aliphatic carbocycles. The van der Waals surface area contributed by atoms with Gasteiger partial charge in [0.2, 0.25) is 17.7 Å². The average molecular weight is 396 g/mol. The number of rotatable bonds is 5. The van der Waals surface area contributed by atoms with Crippen molar-refractivity contribution in [1.82, 2.24) is 9.80 Å². The summed E-state index contributed by atoms with van der Waals surface area (Å²) in [5.74, 6) is -1.17. The standard InChI is InChI=1S/C23H29N3O3/c1-24(15-17-9-11-18(12-10-17)25-13-5-2-6-14-25)21(27)16-26-22(28)19-7-3-4-8-20(19)23(26)29/h3-4,9-12,19-20H,2,5-8,13-16H2,1H3/t19-,20-/m1/s1. The highest BCUT2D eigenvalue weighted by Gasteiger charge is 2.47. The van der Waals surface area contributed by atoms with Gasteiger partial charge in [0.15, 0.2) is 0 Å². The van der Waals surface area contributed by atoms with Crippen LogP contribution in [0.1, 0.15) is 37.7 Å². The number of nitrogens with zero attached hydrogens (tertiary/aromatic N) is 3. The van der Waals surface area contributed by atoms with E-state index in [1.807, 2.05) is 12.2 Å². The minimum Gasteiger partial charge on any atom is -0.372 e. The van der Waals surface area contributed by atoms with E-state index in [0.29, 0.717) is 19.4 Å². The van der Waals surface area contributed by atoms with E-state index in [1.54, 1.807) is 11.9 Å². The first kappa shape index (κ1) is 19.7. The van der Waals surface area contributed by atoms with Gasteiger partial charge >= 0.3 is 0 Å². The largest absolute Gasteiger partial charge is 0.372 e. The lowest BCUT2D eigenvalue weighted by molar-refractivity contribution is -0.146. The van der Waals surface area contributed by atoms with E-state index in [9.17, 15) is 14.4 Å². The summed E-state index contributed by atoms with van der Waals surface area (Å²) in [6.45, 7) is 2.51. The van der Waals surface area contributed by atoms with Gasteiger partial charge in [-0.1, -0.05) is 24.3 Å². The number of benzene rings is 1. The van der Waals surface area contributed by atoms with E-state index in [-0.39, 0.29) is 36.1 Å². The van der Waals surface area contributed by atoms with Crippen molar-refractivity contribution in [2.75, 3.05) is 31.6 Å². The van der Waals surface area contributed by atoms with E-state index < -0.39 is 0 Å². The van der Waals surface area contributed by atoms with E-state index in [4.69, 9.17) is 0 Å². The van der Waals surface area contributed by atoms with Gasteiger partial charge in [-0.05, 0) is 49.8 Å². The molecule has 2 atom stereocenters. The smallest absolute Gasteiger partial charge is 0.242 e. The first-order valence-electron chi connectivity index (χ1n) is 10.6. The zero-order chi connectivity index (χ0) is 20.4. The summed E-state index contributed by atoms with van der Waals surface area (Å²) in [5, 5.41) is 0. The van der Waals surface area contributed by atoms with Crippen LogP contribution in [0.4, 0.5) is 5.69 Å². The highest BCUT2D eigenvalue weighted by Crippen LogP contribution is 2.34. The minimum atomic E-state index is -0.284. The molecule has 1 aromatic rings. The van der Waals surface area contributed by atoms with Gasteiger partial charge in [0, 0.05) is 32.4 Å². The second-order valence-electron chi connectivity index (χ2n) is 8.38. The molecule has 0 aromatic heterocycles. The quantitative estimate of drug-likeness (QED) is 0.568. The van der Waals surface area contributed by atoms with Crippen LogP contribution in [-0.2, 0) is 20.9 Å². The number of hydrogen-bond donors (Lipinski definition) is 0. The van der Waals surface area contributed by atoms with E-state index in [1.165, 1.54) is 29.8 Å². The molecular formula is C23H29N3O3. The molecular weight excluding hydrogens is 366 g/mol. The molecule has 2 saturated heterocycles. The van der Waals surface area contributed by atoms with Crippen molar-refractivity contribution in [2.24, 2.45) is 11.8 Å². The first-order valence-corrected chi connectivity index (χ1v) is 10.6. The number of hydrogen-bond acceptors (Lipinski definition) is 4. The molecule has 3 aliphatic rings. The number of fused-ring (bicyclic) bond motifs is 1. The molecule has 4 rings (SSSR count). The third-order valence-corrected chi connectivity index (χ3v) is 6.40. The fraction of sp³-hybridized carbons (Fsp3) is 0.522. The Morgan fingerprint density at radius 3 is 2.14 bits per heavy atom. The maximum atomic E-state index is 12.7. The summed E-state index contributed by atoms with van der Waals surface area (Å²) in [6, 6.07) is 8.34. The van der Waals surface area contributed by atoms with Crippen LogP contribution < -0.4 is 4.90 Å². The average Bonchev–Trinajstić information content (AvgIpc) is 3.00. The van der Waals surface area contributed by atoms with Crippen molar-refractivity contribution in [3.63, 3.8) is 0 Å². The molecule has 154 valence electrons. The molecule has 0 saturated carbocycles. The number of amides is 3. The van der Waals surface area contributed by atoms with Gasteiger partial charge in [0.1, 0.15) is 6.54 Å². The molecule has 3 amide bonds. The number of likely N-dealkylation sites (tertiary alicyclic amines) is 1. The SMILES string of the molecule is CN(Cc1ccc(N2CCCCC2)cc1)C(=O)CN1C(=O)[C@@H]2CC=CC[C@H]2C1=O. The highest BCUT2D eigenvalue weighted by atomic mass is 16.2. The molecule has 29 heavy (non-hydrogen) atoms. The Balaban J connectivity index is 1.34. The number of carbonyl (C=O) groups is 3. The molecule has 2 heterocycles. The van der Waals surface area contributed by atoms with Crippen molar-refractivity contribution >= 4 is 23.4 Å². The van der Waals surface area contributed by atoms with E-state index in [0.717, 1.165) is 18.7 Å². The predicted octanol–water partition coefficient (Wildman–Crippen LogP) is 2.59. The maximum absolute atomic E-state index is 12.7. The van der Waals surface area contributed by atoms with Crippen LogP contribution in [0.25, 0.3) is 0 Å². The van der Waals surface area contributed by atoms with Crippen LogP contribution in [0.2, 0.25) is 0 Å². The summed E-state index contributed by atoms with van der Waals surface area (Å²) < 4.78 is 0. The summed E-state index contributed by atoms with van der Waals surface area (Å²) in [4.78, 5) is 42.9. The second kappa shape index (κ2) is 8.39. The zero-order valence-corrected chi connectivity index (χ0v) is 17.0. The van der Waals surface area contributed by atoms with Gasteiger partial charge in [0.05, 0.1) is 11.8 Å². The fourth-order valence-corrected chi connectivity index (χ4v) is 4.61. The molecule has 0 spiro atoms. The van der Waals surface area contributed by atoms with E-state index in [2.05, 4.69) is 29.2 Å². The second-order valence-corrected chi connectivity index (χ2v) is 8.38. The number of likely N-dealkylation sites (N-methyl/N-ethyl adjacent to an activating group) is 1. The van der Waals surface area contributed by atoms with Crippen molar-refractivity contribution in [3.8, 4) is 0 Å². The predicted molar refractivity (Wildman–Crippen MR) is 111 cm³/mol. The maximum Gasteiger partial charge on any atom is 0.242 e. The van der Waals surface area contributed by atoms with Crippen LogP contribution >= 0.6 is 0 Å². The molecule has 2 aliphatic heterocycles. The summed E-state index contributed by atoms with van der Waals surface area (Å²) in [7, 11) is 1.72. The number of piperidine rings is 1. The lowest BCUT2D eigenvalue weighted by atomic mass is 9.85. The van der Waals surface area contributed by atoms with Crippen molar-refractivity contribution < 1.29 is 14.4 Å². The highest BCUT2D eigenvalue weighted by molar-refractivity contribution is 6.07. The van der Waals surface area contributed by atoms with Gasteiger partial charge in [-0.25, -0.2) is 0 Å². The summed E-state index contributed by atoms with van der Waals surface area (Å²) in [5.41, 5.74) is 2.27. The normalized spacial score (nSPS) is 24.0. The van der Waals surface area contributed by atoms with Gasteiger partial charge < -0.3 is 9.80 Å². The van der Waals surface area contributed by atoms with Crippen LogP contribution in [0.15, 0.2) is 36.4 Å². The van der Waals surface area contributed by atoms with Gasteiger partial charge in [0.25, 0.3) is 0 Å². The monoisotopic (exact) mass is 395 g/mol. The van der Waals surface area contributed by atoms with Crippen molar-refractivity contribution in [1.29, 1.82) is 0 Å². The van der Waals surface area contributed by atoms with E-state index >= 15 is 0 Å². The Morgan fingerprint density at radius 2 is 1.55 bits per heavy atom. The third kappa shape index (κ3) is 4.07. The summed E-state index contributed by atoms with van der Waals surface area (Å²) >= 11 is 0. The molecule has 6 heteroatoms. The van der Waals surface area contributed by atoms with Crippen LogP contribution in [0.3, 0.4) is 0 Å². The number of carbonyl (C=O) groups excluding carboxylic acids is 3. The first-order chi connectivity index (χ1) is 14.0. The Morgan fingerprint density at radius 1 is 0.966 bits per heavy atom. The van der Waals surface area contributed by atoms with Gasteiger partial charge in [-0.15, -0.1) is 0 Å². The molecule has 0 radical (unpaired) electrons. The zero-order valence-electron chi connectivity index (χ0n) is 17.0. The Bertz CT molecular complexity index is 785. The van der Waals surface area contributed by atoms with Crippen LogP contribution in [0, 0.1) is 11.8 Å². The molecule has 2 fully saturated rings. The topological polar surface area (TPSA) is 60.9 Å². The van der Waals surface area contributed by atoms with Gasteiger partial charge in [-0.3, -0.25) is 19.3 Å². The Labute approximate surface area is 172 Å². The number of imide groups is 1. The summed E-state index contributed by atoms with van der Waals surface area (Å²) in [6.07, 6.45) is 8.89. The van der Waals surface area contributed by atoms with Gasteiger partial charge in [-0.2, -0.15) is 0 Å².